The van der Waals surface area contributed by atoms with Gasteiger partial charge in [-0.1, -0.05) is 12.1 Å². The summed E-state index contributed by atoms with van der Waals surface area (Å²) in [6.45, 7) is 6.00. The van der Waals surface area contributed by atoms with Gasteiger partial charge in [0, 0.05) is 50.8 Å². The number of rotatable bonds is 5. The molecule has 7 heteroatoms. The highest BCUT2D eigenvalue weighted by atomic mass is 32.1. The molecule has 2 heterocycles. The predicted molar refractivity (Wildman–Crippen MR) is 98.2 cm³/mol. The Labute approximate surface area is 151 Å². The number of aromatic nitrogens is 1. The fraction of sp³-hybridized carbons (Fsp3) is 0.444. The first-order valence-corrected chi connectivity index (χ1v) is 9.28. The number of halogens is 1. The average molecular weight is 362 g/mol. The minimum absolute atomic E-state index is 0.0637. The van der Waals surface area contributed by atoms with Crippen LogP contribution in [0.2, 0.25) is 0 Å². The highest BCUT2D eigenvalue weighted by molar-refractivity contribution is 7.13. The van der Waals surface area contributed by atoms with Crippen LogP contribution in [0.15, 0.2) is 35.8 Å². The van der Waals surface area contributed by atoms with Crippen molar-refractivity contribution in [1.82, 2.24) is 14.8 Å². The fourth-order valence-electron chi connectivity index (χ4n) is 3.07. The third-order valence-electron chi connectivity index (χ3n) is 4.59. The molecule has 5 nitrogen and oxygen atoms in total. The van der Waals surface area contributed by atoms with Crippen molar-refractivity contribution in [2.45, 2.75) is 19.5 Å². The first-order valence-electron chi connectivity index (χ1n) is 8.40. The topological polar surface area (TPSA) is 39.7 Å². The molecule has 1 unspecified atom stereocenters. The summed E-state index contributed by atoms with van der Waals surface area (Å²) in [5, 5.41) is 2.60. The standard InChI is InChI=1S/C18H23FN4OS/c1-14-11-22(12-15-3-5-16(19)6-4-15)8-9-23(14)13-17(24)21(2)18-20-7-10-25-18/h3-7,10,14H,8-9,11-13H2,1-2H3. The Morgan fingerprint density at radius 3 is 2.76 bits per heavy atom. The van der Waals surface area contributed by atoms with Crippen molar-refractivity contribution < 1.29 is 9.18 Å². The van der Waals surface area contributed by atoms with Crippen molar-refractivity contribution in [3.05, 3.63) is 47.2 Å². The summed E-state index contributed by atoms with van der Waals surface area (Å²) in [4.78, 5) is 22.8. The minimum Gasteiger partial charge on any atom is -0.296 e. The van der Waals surface area contributed by atoms with Crippen LogP contribution in [-0.4, -0.2) is 60.0 Å². The second-order valence-corrected chi connectivity index (χ2v) is 7.32. The molecule has 0 aliphatic carbocycles. The Bertz CT molecular complexity index is 692. The van der Waals surface area contributed by atoms with E-state index in [1.807, 2.05) is 17.5 Å². The summed E-state index contributed by atoms with van der Waals surface area (Å²) in [5.41, 5.74) is 1.11. The summed E-state index contributed by atoms with van der Waals surface area (Å²) in [6, 6.07) is 6.96. The molecule has 1 aliphatic rings. The largest absolute Gasteiger partial charge is 0.296 e. The Kier molecular flexibility index (Phi) is 5.78. The van der Waals surface area contributed by atoms with Crippen LogP contribution in [0.1, 0.15) is 12.5 Å². The van der Waals surface area contributed by atoms with E-state index >= 15 is 0 Å². The second kappa shape index (κ2) is 8.03. The van der Waals surface area contributed by atoms with Crippen molar-refractivity contribution in [3.63, 3.8) is 0 Å². The molecule has 1 atom stereocenters. The number of thiazole rings is 1. The molecule has 0 bridgehead atoms. The van der Waals surface area contributed by atoms with E-state index in [-0.39, 0.29) is 11.7 Å². The molecule has 1 aliphatic heterocycles. The number of hydrogen-bond donors (Lipinski definition) is 0. The minimum atomic E-state index is -0.204. The number of anilines is 1. The third-order valence-corrected chi connectivity index (χ3v) is 5.44. The van der Waals surface area contributed by atoms with Crippen molar-refractivity contribution in [2.24, 2.45) is 0 Å². The van der Waals surface area contributed by atoms with Gasteiger partial charge in [0.05, 0.1) is 6.54 Å². The van der Waals surface area contributed by atoms with Crippen molar-refractivity contribution in [3.8, 4) is 0 Å². The Morgan fingerprint density at radius 2 is 2.12 bits per heavy atom. The molecular formula is C18H23FN4OS. The third kappa shape index (κ3) is 4.62. The van der Waals surface area contributed by atoms with Gasteiger partial charge in [-0.25, -0.2) is 9.37 Å². The molecule has 1 fully saturated rings. The number of amides is 1. The maximum Gasteiger partial charge on any atom is 0.242 e. The van der Waals surface area contributed by atoms with E-state index < -0.39 is 0 Å². The van der Waals surface area contributed by atoms with Gasteiger partial charge in [0.15, 0.2) is 5.13 Å². The normalized spacial score (nSPS) is 19.1. The van der Waals surface area contributed by atoms with Crippen LogP contribution >= 0.6 is 11.3 Å². The van der Waals surface area contributed by atoms with Crippen LogP contribution in [0.25, 0.3) is 0 Å². The number of likely N-dealkylation sites (N-methyl/N-ethyl adjacent to an activating group) is 1. The van der Waals surface area contributed by atoms with Gasteiger partial charge < -0.3 is 0 Å². The van der Waals surface area contributed by atoms with Crippen LogP contribution < -0.4 is 4.90 Å². The highest BCUT2D eigenvalue weighted by Crippen LogP contribution is 2.17. The zero-order valence-corrected chi connectivity index (χ0v) is 15.4. The molecule has 0 saturated carbocycles. The molecule has 0 spiro atoms. The van der Waals surface area contributed by atoms with Gasteiger partial charge in [-0.2, -0.15) is 0 Å². The Balaban J connectivity index is 1.51. The van der Waals surface area contributed by atoms with E-state index in [2.05, 4.69) is 21.7 Å². The van der Waals surface area contributed by atoms with Crippen molar-refractivity contribution in [1.29, 1.82) is 0 Å². The number of benzene rings is 1. The molecule has 2 aromatic rings. The quantitative estimate of drug-likeness (QED) is 0.819. The SMILES string of the molecule is CC1CN(Cc2ccc(F)cc2)CCN1CC(=O)N(C)c1nccs1. The van der Waals surface area contributed by atoms with Gasteiger partial charge in [0.25, 0.3) is 0 Å². The Morgan fingerprint density at radius 1 is 1.36 bits per heavy atom. The molecule has 25 heavy (non-hydrogen) atoms. The lowest BCUT2D eigenvalue weighted by molar-refractivity contribution is -0.120. The highest BCUT2D eigenvalue weighted by Gasteiger charge is 2.26. The lowest BCUT2D eigenvalue weighted by Gasteiger charge is -2.39. The molecule has 0 radical (unpaired) electrons. The number of piperazine rings is 1. The Hall–Kier alpha value is -1.83. The van der Waals surface area contributed by atoms with E-state index in [1.54, 1.807) is 18.1 Å². The van der Waals surface area contributed by atoms with E-state index in [1.165, 1.54) is 23.5 Å². The lowest BCUT2D eigenvalue weighted by atomic mass is 10.1. The predicted octanol–water partition coefficient (Wildman–Crippen LogP) is 2.45. The maximum absolute atomic E-state index is 13.0. The van der Waals surface area contributed by atoms with Gasteiger partial charge in [0.1, 0.15) is 5.82 Å². The van der Waals surface area contributed by atoms with Gasteiger partial charge in [0.2, 0.25) is 5.91 Å². The maximum atomic E-state index is 13.0. The summed E-state index contributed by atoms with van der Waals surface area (Å²) in [5.74, 6) is -0.140. The van der Waals surface area contributed by atoms with Crippen LogP contribution in [0, 0.1) is 5.82 Å². The zero-order chi connectivity index (χ0) is 17.8. The van der Waals surface area contributed by atoms with Gasteiger partial charge in [-0.3, -0.25) is 19.5 Å². The molecular weight excluding hydrogens is 339 g/mol. The number of carbonyl (C=O) groups excluding carboxylic acids is 1. The summed E-state index contributed by atoms with van der Waals surface area (Å²) in [6.07, 6.45) is 1.71. The first-order chi connectivity index (χ1) is 12.0. The van der Waals surface area contributed by atoms with E-state index in [4.69, 9.17) is 0 Å². The van der Waals surface area contributed by atoms with Crippen LogP contribution in [0.5, 0.6) is 0 Å². The van der Waals surface area contributed by atoms with E-state index in [0.29, 0.717) is 12.6 Å². The van der Waals surface area contributed by atoms with Crippen molar-refractivity contribution >= 4 is 22.4 Å². The monoisotopic (exact) mass is 362 g/mol. The fourth-order valence-corrected chi connectivity index (χ4v) is 3.69. The molecule has 1 amide bonds. The molecule has 1 aromatic carbocycles. The van der Waals surface area contributed by atoms with Gasteiger partial charge in [-0.05, 0) is 24.6 Å². The summed E-state index contributed by atoms with van der Waals surface area (Å²) >= 11 is 1.47. The first kappa shape index (κ1) is 18.0. The zero-order valence-electron chi connectivity index (χ0n) is 14.6. The van der Waals surface area contributed by atoms with Crippen LogP contribution in [-0.2, 0) is 11.3 Å². The van der Waals surface area contributed by atoms with Gasteiger partial charge in [-0.15, -0.1) is 11.3 Å². The van der Waals surface area contributed by atoms with Crippen LogP contribution in [0.3, 0.4) is 0 Å². The van der Waals surface area contributed by atoms with E-state index in [0.717, 1.165) is 36.9 Å². The molecule has 1 aromatic heterocycles. The molecule has 134 valence electrons. The number of nitrogens with zero attached hydrogens (tertiary/aromatic N) is 4. The van der Waals surface area contributed by atoms with Crippen LogP contribution in [0.4, 0.5) is 9.52 Å². The smallest absolute Gasteiger partial charge is 0.242 e. The van der Waals surface area contributed by atoms with E-state index in [9.17, 15) is 9.18 Å². The number of hydrogen-bond acceptors (Lipinski definition) is 5. The summed E-state index contributed by atoms with van der Waals surface area (Å²) < 4.78 is 13.0. The van der Waals surface area contributed by atoms with Crippen molar-refractivity contribution in [2.75, 3.05) is 38.1 Å². The molecule has 3 rings (SSSR count). The summed E-state index contributed by atoms with van der Waals surface area (Å²) in [7, 11) is 1.77. The number of carbonyl (C=O) groups is 1. The lowest BCUT2D eigenvalue weighted by Crippen LogP contribution is -2.54. The van der Waals surface area contributed by atoms with Gasteiger partial charge >= 0.3 is 0 Å². The average Bonchev–Trinajstić information content (AvgIpc) is 3.13. The molecule has 1 saturated heterocycles. The second-order valence-electron chi connectivity index (χ2n) is 6.45. The molecule has 0 N–H and O–H groups in total.